The Morgan fingerprint density at radius 1 is 0.967 bits per heavy atom. The molecule has 1 aliphatic rings. The summed E-state index contributed by atoms with van der Waals surface area (Å²) in [7, 11) is 0. The Morgan fingerprint density at radius 2 is 1.77 bits per heavy atom. The van der Waals surface area contributed by atoms with Crippen LogP contribution in [-0.2, 0) is 19.4 Å². The highest BCUT2D eigenvalue weighted by Gasteiger charge is 2.21. The minimum Gasteiger partial charge on any atom is -0.350 e. The third kappa shape index (κ3) is 3.59. The van der Waals surface area contributed by atoms with Crippen LogP contribution in [0.5, 0.6) is 0 Å². The van der Waals surface area contributed by atoms with E-state index in [0.717, 1.165) is 34.9 Å². The molecule has 0 atom stereocenters. The van der Waals surface area contributed by atoms with Gasteiger partial charge in [-0.05, 0) is 60.7 Å². The second-order valence-electron chi connectivity index (χ2n) is 7.76. The van der Waals surface area contributed by atoms with Crippen LogP contribution in [0.1, 0.15) is 34.5 Å². The van der Waals surface area contributed by atoms with E-state index < -0.39 is 0 Å². The second-order valence-corrected chi connectivity index (χ2v) is 7.76. The number of benzene rings is 2. The molecule has 5 rings (SSSR count). The van der Waals surface area contributed by atoms with E-state index in [2.05, 4.69) is 21.0 Å². The zero-order chi connectivity index (χ0) is 20.3. The van der Waals surface area contributed by atoms with E-state index in [0.29, 0.717) is 18.7 Å². The number of carbonyl (C=O) groups excluding carboxylic acids is 1. The van der Waals surface area contributed by atoms with Crippen LogP contribution >= 0.6 is 0 Å². The Kier molecular flexibility index (Phi) is 5.01. The highest BCUT2D eigenvalue weighted by atomic mass is 16.1. The normalized spacial score (nSPS) is 13.2. The van der Waals surface area contributed by atoms with E-state index in [1.165, 1.54) is 24.1 Å². The van der Waals surface area contributed by atoms with E-state index in [9.17, 15) is 4.79 Å². The van der Waals surface area contributed by atoms with Gasteiger partial charge in [-0.15, -0.1) is 0 Å². The fourth-order valence-electron chi connectivity index (χ4n) is 4.31. The van der Waals surface area contributed by atoms with Gasteiger partial charge in [-0.3, -0.25) is 14.5 Å². The Hall–Kier alpha value is -3.47. The van der Waals surface area contributed by atoms with Crippen LogP contribution in [-0.4, -0.2) is 27.2 Å². The lowest BCUT2D eigenvalue weighted by molar-refractivity contribution is 0.0952. The van der Waals surface area contributed by atoms with E-state index in [1.54, 1.807) is 0 Å². The average Bonchev–Trinajstić information content (AvgIpc) is 3.18. The van der Waals surface area contributed by atoms with Crippen molar-refractivity contribution < 1.29 is 4.79 Å². The van der Waals surface area contributed by atoms with Gasteiger partial charge in [-0.1, -0.05) is 30.3 Å². The molecule has 1 N–H and O–H groups in total. The summed E-state index contributed by atoms with van der Waals surface area (Å²) in [6.45, 7) is 1.22. The van der Waals surface area contributed by atoms with Crippen molar-refractivity contribution in [2.24, 2.45) is 0 Å². The first-order valence-corrected chi connectivity index (χ1v) is 10.6. The van der Waals surface area contributed by atoms with Crippen molar-refractivity contribution in [1.82, 2.24) is 20.1 Å². The van der Waals surface area contributed by atoms with Gasteiger partial charge in [-0.2, -0.15) is 5.10 Å². The largest absolute Gasteiger partial charge is 0.350 e. The fourth-order valence-corrected chi connectivity index (χ4v) is 4.31. The van der Waals surface area contributed by atoms with E-state index in [1.807, 2.05) is 60.9 Å². The number of hydrogen-bond acceptors (Lipinski definition) is 3. The van der Waals surface area contributed by atoms with Crippen molar-refractivity contribution in [2.75, 3.05) is 6.54 Å². The molecule has 0 aliphatic heterocycles. The third-order valence-corrected chi connectivity index (χ3v) is 5.83. The summed E-state index contributed by atoms with van der Waals surface area (Å²) in [5, 5.41) is 10.2. The SMILES string of the molecule is O=C(NCCn1nc(-c2ccncc2)c2c1CCCC2)c1ccc2ccccc2c1. The smallest absolute Gasteiger partial charge is 0.251 e. The molecule has 5 heteroatoms. The molecule has 0 spiro atoms. The number of carbonyl (C=O) groups is 1. The Labute approximate surface area is 175 Å². The third-order valence-electron chi connectivity index (χ3n) is 5.83. The van der Waals surface area contributed by atoms with Gasteiger partial charge >= 0.3 is 0 Å². The van der Waals surface area contributed by atoms with Crippen molar-refractivity contribution in [3.8, 4) is 11.3 Å². The lowest BCUT2D eigenvalue weighted by Gasteiger charge is -2.14. The predicted octanol–water partition coefficient (Wildman–Crippen LogP) is 4.41. The molecule has 150 valence electrons. The molecule has 5 nitrogen and oxygen atoms in total. The van der Waals surface area contributed by atoms with Crippen LogP contribution in [0.25, 0.3) is 22.0 Å². The molecule has 1 aliphatic carbocycles. The number of aromatic nitrogens is 3. The Bertz CT molecular complexity index is 1200. The van der Waals surface area contributed by atoms with Crippen LogP contribution in [0, 0.1) is 0 Å². The molecule has 0 radical (unpaired) electrons. The summed E-state index contributed by atoms with van der Waals surface area (Å²) in [6.07, 6.45) is 8.14. The molecule has 0 fully saturated rings. The summed E-state index contributed by atoms with van der Waals surface area (Å²) < 4.78 is 2.09. The number of nitrogens with zero attached hydrogens (tertiary/aromatic N) is 3. The first kappa shape index (κ1) is 18.6. The number of rotatable bonds is 5. The van der Waals surface area contributed by atoms with E-state index >= 15 is 0 Å². The molecule has 2 heterocycles. The molecule has 30 heavy (non-hydrogen) atoms. The second kappa shape index (κ2) is 8.11. The number of nitrogens with one attached hydrogen (secondary N) is 1. The maximum absolute atomic E-state index is 12.6. The molecule has 0 unspecified atom stereocenters. The Morgan fingerprint density at radius 3 is 2.63 bits per heavy atom. The van der Waals surface area contributed by atoms with Crippen LogP contribution < -0.4 is 5.32 Å². The van der Waals surface area contributed by atoms with Crippen LogP contribution in [0.3, 0.4) is 0 Å². The van der Waals surface area contributed by atoms with Crippen molar-refractivity contribution in [1.29, 1.82) is 0 Å². The van der Waals surface area contributed by atoms with Gasteiger partial charge < -0.3 is 5.32 Å². The van der Waals surface area contributed by atoms with E-state index in [4.69, 9.17) is 5.10 Å². The van der Waals surface area contributed by atoms with Crippen LogP contribution in [0.4, 0.5) is 0 Å². The fraction of sp³-hybridized carbons (Fsp3) is 0.240. The molecule has 2 aromatic heterocycles. The molecule has 4 aromatic rings. The zero-order valence-corrected chi connectivity index (χ0v) is 16.8. The monoisotopic (exact) mass is 396 g/mol. The van der Waals surface area contributed by atoms with Gasteiger partial charge in [0.2, 0.25) is 0 Å². The molecular formula is C25H24N4O. The highest BCUT2D eigenvalue weighted by molar-refractivity contribution is 5.98. The summed E-state index contributed by atoms with van der Waals surface area (Å²) in [5.74, 6) is -0.0452. The highest BCUT2D eigenvalue weighted by Crippen LogP contribution is 2.30. The summed E-state index contributed by atoms with van der Waals surface area (Å²) >= 11 is 0. The minimum absolute atomic E-state index is 0.0452. The standard InChI is InChI=1S/C25H24N4O/c30-25(21-10-9-18-5-1-2-6-20(18)17-21)27-15-16-29-23-8-4-3-7-22(23)24(28-29)19-11-13-26-14-12-19/h1-2,5-6,9-14,17H,3-4,7-8,15-16H2,(H,27,30). The lowest BCUT2D eigenvalue weighted by Crippen LogP contribution is -2.28. The minimum atomic E-state index is -0.0452. The van der Waals surface area contributed by atoms with Crippen LogP contribution in [0.15, 0.2) is 67.0 Å². The molecule has 0 saturated carbocycles. The van der Waals surface area contributed by atoms with Crippen molar-refractivity contribution >= 4 is 16.7 Å². The number of hydrogen-bond donors (Lipinski definition) is 1. The first-order valence-electron chi connectivity index (χ1n) is 10.6. The summed E-state index contributed by atoms with van der Waals surface area (Å²) in [4.78, 5) is 16.8. The summed E-state index contributed by atoms with van der Waals surface area (Å²) in [5.41, 5.74) is 5.53. The van der Waals surface area contributed by atoms with Crippen LogP contribution in [0.2, 0.25) is 0 Å². The van der Waals surface area contributed by atoms with Crippen molar-refractivity contribution in [3.05, 3.63) is 83.8 Å². The van der Waals surface area contributed by atoms with Gasteiger partial charge in [0.25, 0.3) is 5.91 Å². The maximum Gasteiger partial charge on any atom is 0.251 e. The van der Waals surface area contributed by atoms with Gasteiger partial charge in [-0.25, -0.2) is 0 Å². The molecule has 1 amide bonds. The van der Waals surface area contributed by atoms with Gasteiger partial charge in [0.1, 0.15) is 0 Å². The molecule has 2 aromatic carbocycles. The first-order chi connectivity index (χ1) is 14.8. The van der Waals surface area contributed by atoms with Crippen molar-refractivity contribution in [3.63, 3.8) is 0 Å². The predicted molar refractivity (Wildman–Crippen MR) is 118 cm³/mol. The average molecular weight is 396 g/mol. The van der Waals surface area contributed by atoms with Crippen molar-refractivity contribution in [2.45, 2.75) is 32.2 Å². The molecule has 0 saturated heterocycles. The Balaban J connectivity index is 1.31. The molecular weight excluding hydrogens is 372 g/mol. The topological polar surface area (TPSA) is 59.8 Å². The quantitative estimate of drug-likeness (QED) is 0.544. The number of pyridine rings is 1. The number of amides is 1. The van der Waals surface area contributed by atoms with Gasteiger partial charge in [0.15, 0.2) is 0 Å². The number of fused-ring (bicyclic) bond motifs is 2. The van der Waals surface area contributed by atoms with Gasteiger partial charge in [0, 0.05) is 41.3 Å². The van der Waals surface area contributed by atoms with Gasteiger partial charge in [0.05, 0.1) is 12.2 Å². The zero-order valence-electron chi connectivity index (χ0n) is 16.8. The maximum atomic E-state index is 12.6. The van der Waals surface area contributed by atoms with E-state index in [-0.39, 0.29) is 5.91 Å². The lowest BCUT2D eigenvalue weighted by atomic mass is 9.94. The molecule has 0 bridgehead atoms. The summed E-state index contributed by atoms with van der Waals surface area (Å²) in [6, 6.07) is 17.9.